The molecule has 6 heteroatoms. The smallest absolute Gasteiger partial charge is 0.262 e. The summed E-state index contributed by atoms with van der Waals surface area (Å²) in [6.07, 6.45) is 0.594. The van der Waals surface area contributed by atoms with Crippen LogP contribution in [0, 0.1) is 6.92 Å². The molecule has 108 valence electrons. The maximum atomic E-state index is 11.9. The molecule has 0 radical (unpaired) electrons. The van der Waals surface area contributed by atoms with Gasteiger partial charge in [0.25, 0.3) is 5.56 Å². The maximum absolute atomic E-state index is 11.9. The summed E-state index contributed by atoms with van der Waals surface area (Å²) in [4.78, 5) is 18.8. The molecular formula is C15H16N4O2. The third-order valence-electron chi connectivity index (χ3n) is 3.23. The number of rotatable bonds is 5. The molecule has 0 fully saturated rings. The molecule has 0 aliphatic heterocycles. The van der Waals surface area contributed by atoms with Gasteiger partial charge in [-0.3, -0.25) is 9.89 Å². The van der Waals surface area contributed by atoms with Gasteiger partial charge in [-0.05, 0) is 12.5 Å². The van der Waals surface area contributed by atoms with Crippen molar-refractivity contribution in [3.05, 3.63) is 57.8 Å². The zero-order chi connectivity index (χ0) is 14.7. The molecule has 0 spiro atoms. The Morgan fingerprint density at radius 2 is 2.05 bits per heavy atom. The van der Waals surface area contributed by atoms with Gasteiger partial charge in [0.15, 0.2) is 5.65 Å². The van der Waals surface area contributed by atoms with Crippen molar-refractivity contribution in [3.63, 3.8) is 0 Å². The van der Waals surface area contributed by atoms with Crippen LogP contribution in [0.4, 0.5) is 0 Å². The lowest BCUT2D eigenvalue weighted by Crippen LogP contribution is -2.11. The van der Waals surface area contributed by atoms with Crippen LogP contribution in [0.15, 0.2) is 35.1 Å². The molecule has 6 nitrogen and oxygen atoms in total. The van der Waals surface area contributed by atoms with Gasteiger partial charge in [0, 0.05) is 6.42 Å². The largest absolute Gasteiger partial charge is 0.376 e. The fourth-order valence-corrected chi connectivity index (χ4v) is 2.22. The van der Waals surface area contributed by atoms with Crippen molar-refractivity contribution in [1.29, 1.82) is 0 Å². The number of aromatic amines is 2. The molecule has 0 aliphatic carbocycles. The minimum Gasteiger partial charge on any atom is -0.376 e. The summed E-state index contributed by atoms with van der Waals surface area (Å²) in [5.74, 6) is 0.561. The molecule has 1 aromatic carbocycles. The van der Waals surface area contributed by atoms with E-state index < -0.39 is 0 Å². The molecule has 0 unspecified atom stereocenters. The standard InChI is InChI=1S/C15H16N4O2/c1-10-16-14-13(15(20)17-10)12(18-19-14)7-8-21-9-11-5-3-2-4-6-11/h2-6H,7-9H2,1H3,(H2,16,17,18,19,20). The monoisotopic (exact) mass is 284 g/mol. The van der Waals surface area contributed by atoms with Crippen LogP contribution in [-0.4, -0.2) is 26.8 Å². The first-order valence-corrected chi connectivity index (χ1v) is 6.79. The number of aryl methyl sites for hydroxylation is 1. The van der Waals surface area contributed by atoms with Crippen molar-refractivity contribution >= 4 is 11.0 Å². The zero-order valence-electron chi connectivity index (χ0n) is 11.7. The third-order valence-corrected chi connectivity index (χ3v) is 3.23. The van der Waals surface area contributed by atoms with E-state index in [4.69, 9.17) is 4.74 Å². The lowest BCUT2D eigenvalue weighted by Gasteiger charge is -2.03. The Morgan fingerprint density at radius 3 is 2.86 bits per heavy atom. The molecule has 0 atom stereocenters. The predicted molar refractivity (Wildman–Crippen MR) is 79.0 cm³/mol. The van der Waals surface area contributed by atoms with Crippen LogP contribution >= 0.6 is 0 Å². The van der Waals surface area contributed by atoms with E-state index in [1.54, 1.807) is 6.92 Å². The number of hydrogen-bond donors (Lipinski definition) is 2. The van der Waals surface area contributed by atoms with Crippen LogP contribution in [0.25, 0.3) is 11.0 Å². The molecule has 0 amide bonds. The number of ether oxygens (including phenoxy) is 1. The average Bonchev–Trinajstić information content (AvgIpc) is 2.88. The number of hydrogen-bond acceptors (Lipinski definition) is 4. The van der Waals surface area contributed by atoms with E-state index in [9.17, 15) is 4.79 Å². The summed E-state index contributed by atoms with van der Waals surface area (Å²) in [5, 5.41) is 7.45. The van der Waals surface area contributed by atoms with Crippen molar-refractivity contribution in [2.24, 2.45) is 0 Å². The lowest BCUT2D eigenvalue weighted by molar-refractivity contribution is 0.123. The molecule has 0 saturated heterocycles. The summed E-state index contributed by atoms with van der Waals surface area (Å²) in [6.45, 7) is 2.80. The van der Waals surface area contributed by atoms with E-state index >= 15 is 0 Å². The van der Waals surface area contributed by atoms with Crippen LogP contribution in [-0.2, 0) is 17.8 Å². The SMILES string of the molecule is Cc1nc2n[nH]c(CCOCc3ccccc3)c2c(=O)[nH]1. The second-order valence-electron chi connectivity index (χ2n) is 4.84. The van der Waals surface area contributed by atoms with Crippen LogP contribution in [0.2, 0.25) is 0 Å². The highest BCUT2D eigenvalue weighted by Crippen LogP contribution is 2.10. The van der Waals surface area contributed by atoms with E-state index in [0.29, 0.717) is 36.5 Å². The van der Waals surface area contributed by atoms with Crippen molar-refractivity contribution < 1.29 is 4.74 Å². The molecule has 0 bridgehead atoms. The topological polar surface area (TPSA) is 83.7 Å². The second-order valence-corrected chi connectivity index (χ2v) is 4.84. The van der Waals surface area contributed by atoms with Gasteiger partial charge in [0.05, 0.1) is 18.9 Å². The van der Waals surface area contributed by atoms with E-state index in [1.165, 1.54) is 0 Å². The Bertz CT molecular complexity index is 792. The summed E-state index contributed by atoms with van der Waals surface area (Å²) < 4.78 is 5.63. The number of fused-ring (bicyclic) bond motifs is 1. The molecule has 2 heterocycles. The van der Waals surface area contributed by atoms with E-state index in [0.717, 1.165) is 11.3 Å². The number of H-pyrrole nitrogens is 2. The van der Waals surface area contributed by atoms with Crippen molar-refractivity contribution in [2.75, 3.05) is 6.61 Å². The molecule has 2 aromatic heterocycles. The van der Waals surface area contributed by atoms with Crippen molar-refractivity contribution in [2.45, 2.75) is 20.0 Å². The van der Waals surface area contributed by atoms with Crippen LogP contribution in [0.3, 0.4) is 0 Å². The summed E-state index contributed by atoms with van der Waals surface area (Å²) in [6, 6.07) is 9.97. The van der Waals surface area contributed by atoms with E-state index in [1.807, 2.05) is 30.3 Å². The number of nitrogens with zero attached hydrogens (tertiary/aromatic N) is 2. The maximum Gasteiger partial charge on any atom is 0.262 e. The highest BCUT2D eigenvalue weighted by molar-refractivity contribution is 5.76. The predicted octanol–water partition coefficient (Wildman–Crippen LogP) is 1.71. The Balaban J connectivity index is 1.65. The molecule has 3 rings (SSSR count). The van der Waals surface area contributed by atoms with Gasteiger partial charge in [-0.15, -0.1) is 0 Å². The fourth-order valence-electron chi connectivity index (χ4n) is 2.22. The number of aromatic nitrogens is 4. The Labute approximate surface area is 121 Å². The van der Waals surface area contributed by atoms with Crippen LogP contribution < -0.4 is 5.56 Å². The summed E-state index contributed by atoms with van der Waals surface area (Å²) in [7, 11) is 0. The van der Waals surface area contributed by atoms with Gasteiger partial charge in [0.2, 0.25) is 0 Å². The third kappa shape index (κ3) is 3.00. The lowest BCUT2D eigenvalue weighted by atomic mass is 10.2. The highest BCUT2D eigenvalue weighted by Gasteiger charge is 2.11. The van der Waals surface area contributed by atoms with E-state index in [2.05, 4.69) is 20.2 Å². The highest BCUT2D eigenvalue weighted by atomic mass is 16.5. The normalized spacial score (nSPS) is 11.1. The molecule has 0 saturated carbocycles. The minimum atomic E-state index is -0.163. The molecular weight excluding hydrogens is 268 g/mol. The first-order chi connectivity index (χ1) is 10.2. The van der Waals surface area contributed by atoms with Crippen LogP contribution in [0.5, 0.6) is 0 Å². The van der Waals surface area contributed by atoms with Gasteiger partial charge in [-0.1, -0.05) is 30.3 Å². The zero-order valence-corrected chi connectivity index (χ0v) is 11.7. The Morgan fingerprint density at radius 1 is 1.24 bits per heavy atom. The van der Waals surface area contributed by atoms with Gasteiger partial charge >= 0.3 is 0 Å². The van der Waals surface area contributed by atoms with Crippen LogP contribution in [0.1, 0.15) is 17.1 Å². The number of nitrogens with one attached hydrogen (secondary N) is 2. The van der Waals surface area contributed by atoms with Gasteiger partial charge in [-0.2, -0.15) is 5.10 Å². The fraction of sp³-hybridized carbons (Fsp3) is 0.267. The van der Waals surface area contributed by atoms with Gasteiger partial charge < -0.3 is 9.72 Å². The molecule has 0 aliphatic rings. The Kier molecular flexibility index (Phi) is 3.79. The van der Waals surface area contributed by atoms with Gasteiger partial charge in [-0.25, -0.2) is 4.98 Å². The minimum absolute atomic E-state index is 0.163. The molecule has 3 aromatic rings. The Hall–Kier alpha value is -2.47. The quantitative estimate of drug-likeness (QED) is 0.699. The van der Waals surface area contributed by atoms with Gasteiger partial charge in [0.1, 0.15) is 11.2 Å². The average molecular weight is 284 g/mol. The first-order valence-electron chi connectivity index (χ1n) is 6.79. The number of benzene rings is 1. The van der Waals surface area contributed by atoms with Crippen molar-refractivity contribution in [3.8, 4) is 0 Å². The summed E-state index contributed by atoms with van der Waals surface area (Å²) in [5.41, 5.74) is 2.17. The second kappa shape index (κ2) is 5.88. The van der Waals surface area contributed by atoms with Crippen molar-refractivity contribution in [1.82, 2.24) is 20.2 Å². The molecule has 21 heavy (non-hydrogen) atoms. The van der Waals surface area contributed by atoms with E-state index in [-0.39, 0.29) is 5.56 Å². The summed E-state index contributed by atoms with van der Waals surface area (Å²) >= 11 is 0. The molecule has 2 N–H and O–H groups in total. The first kappa shape index (κ1) is 13.5.